The van der Waals surface area contributed by atoms with E-state index in [-0.39, 0.29) is 5.91 Å². The van der Waals surface area contributed by atoms with Crippen LogP contribution < -0.4 is 10.6 Å². The fraction of sp³-hybridized carbons (Fsp3) is 0.929. The summed E-state index contributed by atoms with van der Waals surface area (Å²) < 4.78 is 0. The molecule has 4 rings (SSSR count). The van der Waals surface area contributed by atoms with E-state index in [9.17, 15) is 4.79 Å². The van der Waals surface area contributed by atoms with Crippen molar-refractivity contribution in [3.63, 3.8) is 0 Å². The van der Waals surface area contributed by atoms with E-state index in [2.05, 4.69) is 15.5 Å². The molecule has 1 amide bonds. The number of nitrogens with zero attached hydrogens (tertiary/aromatic N) is 1. The molecule has 4 nitrogen and oxygen atoms in total. The number of hydrogen-bond acceptors (Lipinski definition) is 3. The lowest BCUT2D eigenvalue weighted by atomic mass is 9.84. The van der Waals surface area contributed by atoms with Crippen molar-refractivity contribution in [2.45, 2.75) is 50.6 Å². The molecular weight excluding hydrogens is 226 g/mol. The van der Waals surface area contributed by atoms with E-state index in [4.69, 9.17) is 0 Å². The molecule has 4 aliphatic rings. The molecule has 0 aromatic rings. The summed E-state index contributed by atoms with van der Waals surface area (Å²) in [5, 5.41) is 6.70. The molecule has 3 saturated heterocycles. The Balaban J connectivity index is 1.28. The predicted octanol–water partition coefficient (Wildman–Crippen LogP) is 0.729. The van der Waals surface area contributed by atoms with Crippen LogP contribution in [0.5, 0.6) is 0 Å². The van der Waals surface area contributed by atoms with Gasteiger partial charge in [0.15, 0.2) is 0 Å². The Bertz CT molecular complexity index is 295. The molecule has 2 N–H and O–H groups in total. The van der Waals surface area contributed by atoms with Gasteiger partial charge in [-0.2, -0.15) is 0 Å². The highest BCUT2D eigenvalue weighted by molar-refractivity contribution is 5.76. The van der Waals surface area contributed by atoms with Gasteiger partial charge in [-0.15, -0.1) is 0 Å². The van der Waals surface area contributed by atoms with Gasteiger partial charge in [0.2, 0.25) is 5.91 Å². The van der Waals surface area contributed by atoms with Crippen LogP contribution in [0.2, 0.25) is 0 Å². The molecule has 3 heterocycles. The molecule has 4 fully saturated rings. The van der Waals surface area contributed by atoms with Crippen molar-refractivity contribution in [2.75, 3.05) is 26.2 Å². The highest BCUT2D eigenvalue weighted by Crippen LogP contribution is 2.27. The number of hydrogen-bond donors (Lipinski definition) is 2. The second kappa shape index (κ2) is 5.57. The lowest BCUT2D eigenvalue weighted by molar-refractivity contribution is -0.121. The highest BCUT2D eigenvalue weighted by atomic mass is 16.1. The number of piperidine rings is 3. The predicted molar refractivity (Wildman–Crippen MR) is 71.4 cm³/mol. The van der Waals surface area contributed by atoms with Gasteiger partial charge in [-0.25, -0.2) is 0 Å². The molecular formula is C14H25N3O. The van der Waals surface area contributed by atoms with Crippen LogP contribution in [0.25, 0.3) is 0 Å². The first-order valence-corrected chi connectivity index (χ1v) is 7.56. The van der Waals surface area contributed by atoms with Crippen molar-refractivity contribution >= 4 is 5.91 Å². The summed E-state index contributed by atoms with van der Waals surface area (Å²) in [6.07, 6.45) is 6.75. The van der Waals surface area contributed by atoms with E-state index in [1.807, 2.05) is 0 Å². The highest BCUT2D eigenvalue weighted by Gasteiger charge is 2.33. The summed E-state index contributed by atoms with van der Waals surface area (Å²) in [6.45, 7) is 4.81. The maximum absolute atomic E-state index is 11.5. The summed E-state index contributed by atoms with van der Waals surface area (Å²) in [4.78, 5) is 14.1. The van der Waals surface area contributed by atoms with Gasteiger partial charge >= 0.3 is 0 Å². The van der Waals surface area contributed by atoms with Crippen molar-refractivity contribution in [2.24, 2.45) is 5.92 Å². The Labute approximate surface area is 109 Å². The van der Waals surface area contributed by atoms with E-state index in [0.29, 0.717) is 18.5 Å². The number of rotatable bonds is 6. The van der Waals surface area contributed by atoms with Gasteiger partial charge in [0, 0.05) is 25.0 Å². The van der Waals surface area contributed by atoms with Crippen LogP contribution in [0, 0.1) is 5.92 Å². The quantitative estimate of drug-likeness (QED) is 0.684. The molecule has 2 bridgehead atoms. The number of carbonyl (C=O) groups excluding carboxylic acids is 1. The van der Waals surface area contributed by atoms with Gasteiger partial charge in [-0.05, 0) is 57.7 Å². The minimum atomic E-state index is 0.244. The zero-order chi connectivity index (χ0) is 12.4. The molecule has 3 aliphatic heterocycles. The SMILES string of the molecule is O=C(CCCNC1CN2CCC1CC2)NC1CC1. The van der Waals surface area contributed by atoms with E-state index < -0.39 is 0 Å². The fourth-order valence-corrected chi connectivity index (χ4v) is 3.26. The zero-order valence-corrected chi connectivity index (χ0v) is 11.2. The van der Waals surface area contributed by atoms with Gasteiger partial charge in [-0.3, -0.25) is 4.79 Å². The van der Waals surface area contributed by atoms with Crippen LogP contribution in [0.1, 0.15) is 38.5 Å². The van der Waals surface area contributed by atoms with Gasteiger partial charge in [-0.1, -0.05) is 0 Å². The van der Waals surface area contributed by atoms with Gasteiger partial charge in [0.1, 0.15) is 0 Å². The third-order valence-corrected chi connectivity index (χ3v) is 4.59. The van der Waals surface area contributed by atoms with Crippen LogP contribution in [-0.2, 0) is 4.79 Å². The van der Waals surface area contributed by atoms with E-state index in [1.54, 1.807) is 0 Å². The Morgan fingerprint density at radius 3 is 2.56 bits per heavy atom. The Kier molecular flexibility index (Phi) is 3.85. The second-order valence-corrected chi connectivity index (χ2v) is 6.14. The smallest absolute Gasteiger partial charge is 0.220 e. The molecule has 18 heavy (non-hydrogen) atoms. The lowest BCUT2D eigenvalue weighted by Gasteiger charge is -2.45. The van der Waals surface area contributed by atoms with Crippen molar-refractivity contribution in [1.82, 2.24) is 15.5 Å². The van der Waals surface area contributed by atoms with Crippen molar-refractivity contribution in [1.29, 1.82) is 0 Å². The monoisotopic (exact) mass is 251 g/mol. The van der Waals surface area contributed by atoms with Crippen LogP contribution in [-0.4, -0.2) is 49.1 Å². The maximum Gasteiger partial charge on any atom is 0.220 e. The summed E-state index contributed by atoms with van der Waals surface area (Å²) in [7, 11) is 0. The average molecular weight is 251 g/mol. The molecule has 1 saturated carbocycles. The minimum absolute atomic E-state index is 0.244. The van der Waals surface area contributed by atoms with E-state index in [0.717, 1.165) is 18.9 Å². The third-order valence-electron chi connectivity index (χ3n) is 4.59. The van der Waals surface area contributed by atoms with Crippen LogP contribution in [0.3, 0.4) is 0 Å². The number of nitrogens with one attached hydrogen (secondary N) is 2. The van der Waals surface area contributed by atoms with Gasteiger partial charge in [0.25, 0.3) is 0 Å². The van der Waals surface area contributed by atoms with Gasteiger partial charge in [0.05, 0.1) is 0 Å². The Morgan fingerprint density at radius 2 is 1.94 bits per heavy atom. The Morgan fingerprint density at radius 1 is 1.17 bits per heavy atom. The normalized spacial score (nSPS) is 34.6. The zero-order valence-electron chi connectivity index (χ0n) is 11.2. The molecule has 0 aromatic heterocycles. The van der Waals surface area contributed by atoms with E-state index >= 15 is 0 Å². The number of carbonyl (C=O) groups is 1. The third kappa shape index (κ3) is 3.23. The van der Waals surface area contributed by atoms with Crippen LogP contribution >= 0.6 is 0 Å². The standard InChI is InChI=1S/C14H25N3O/c18-14(16-12-3-4-12)2-1-7-15-13-10-17-8-5-11(13)6-9-17/h11-13,15H,1-10H2,(H,16,18). The average Bonchev–Trinajstić information content (AvgIpc) is 3.20. The van der Waals surface area contributed by atoms with Gasteiger partial charge < -0.3 is 15.5 Å². The molecule has 102 valence electrons. The Hall–Kier alpha value is -0.610. The molecule has 0 radical (unpaired) electrons. The molecule has 1 unspecified atom stereocenters. The van der Waals surface area contributed by atoms with Crippen LogP contribution in [0.4, 0.5) is 0 Å². The minimum Gasteiger partial charge on any atom is -0.353 e. The largest absolute Gasteiger partial charge is 0.353 e. The van der Waals surface area contributed by atoms with Crippen molar-refractivity contribution in [3.8, 4) is 0 Å². The first-order valence-electron chi connectivity index (χ1n) is 7.56. The van der Waals surface area contributed by atoms with Crippen molar-refractivity contribution < 1.29 is 4.79 Å². The summed E-state index contributed by atoms with van der Waals surface area (Å²) in [6, 6.07) is 1.19. The lowest BCUT2D eigenvalue weighted by Crippen LogP contribution is -2.56. The second-order valence-electron chi connectivity index (χ2n) is 6.14. The van der Waals surface area contributed by atoms with Crippen molar-refractivity contribution in [3.05, 3.63) is 0 Å². The topological polar surface area (TPSA) is 44.4 Å². The molecule has 1 atom stereocenters. The van der Waals surface area contributed by atoms with Crippen LogP contribution in [0.15, 0.2) is 0 Å². The maximum atomic E-state index is 11.5. The molecule has 4 heteroatoms. The molecule has 1 aliphatic carbocycles. The first-order chi connectivity index (χ1) is 8.81. The fourth-order valence-electron chi connectivity index (χ4n) is 3.26. The summed E-state index contributed by atoms with van der Waals surface area (Å²) in [5.74, 6) is 1.13. The number of amides is 1. The summed E-state index contributed by atoms with van der Waals surface area (Å²) >= 11 is 0. The molecule has 0 aromatic carbocycles. The molecule has 0 spiro atoms. The number of fused-ring (bicyclic) bond motifs is 3. The van der Waals surface area contributed by atoms with E-state index in [1.165, 1.54) is 45.3 Å². The summed E-state index contributed by atoms with van der Waals surface area (Å²) in [5.41, 5.74) is 0. The first kappa shape index (κ1) is 12.4.